The van der Waals surface area contributed by atoms with Gasteiger partial charge in [-0.1, -0.05) is 13.3 Å². The average molecular weight is 260 g/mol. The van der Waals surface area contributed by atoms with Gasteiger partial charge in [0.05, 0.1) is 16.6 Å². The Morgan fingerprint density at radius 3 is 2.68 bits per heavy atom. The van der Waals surface area contributed by atoms with Gasteiger partial charge in [0, 0.05) is 5.54 Å². The first-order valence-corrected chi connectivity index (χ1v) is 6.59. The summed E-state index contributed by atoms with van der Waals surface area (Å²) < 4.78 is 2.21. The molecule has 4 heteroatoms. The van der Waals surface area contributed by atoms with Crippen molar-refractivity contribution in [3.63, 3.8) is 0 Å². The quantitative estimate of drug-likeness (QED) is 0.914. The Kier molecular flexibility index (Phi) is 3.35. The molecular weight excluding hydrogens is 240 g/mol. The summed E-state index contributed by atoms with van der Waals surface area (Å²) in [4.78, 5) is 15.5. The van der Waals surface area contributed by atoms with Gasteiger partial charge in [0.1, 0.15) is 5.82 Å². The lowest BCUT2D eigenvalue weighted by Gasteiger charge is -2.28. The molecule has 0 saturated carbocycles. The van der Waals surface area contributed by atoms with E-state index in [1.54, 1.807) is 12.1 Å². The van der Waals surface area contributed by atoms with Crippen LogP contribution in [0.2, 0.25) is 0 Å². The van der Waals surface area contributed by atoms with Gasteiger partial charge in [0.25, 0.3) is 0 Å². The van der Waals surface area contributed by atoms with E-state index in [1.165, 1.54) is 0 Å². The number of aromatic nitrogens is 2. The van der Waals surface area contributed by atoms with Crippen molar-refractivity contribution in [2.45, 2.75) is 46.1 Å². The minimum atomic E-state index is -0.915. The Morgan fingerprint density at radius 1 is 1.42 bits per heavy atom. The predicted molar refractivity (Wildman–Crippen MR) is 75.7 cm³/mol. The monoisotopic (exact) mass is 260 g/mol. The lowest BCUT2D eigenvalue weighted by atomic mass is 9.98. The number of hydrogen-bond donors (Lipinski definition) is 1. The number of imidazole rings is 1. The van der Waals surface area contributed by atoms with E-state index in [0.717, 1.165) is 29.7 Å². The van der Waals surface area contributed by atoms with Gasteiger partial charge in [0.2, 0.25) is 0 Å². The zero-order valence-corrected chi connectivity index (χ0v) is 11.9. The molecule has 0 spiro atoms. The number of aryl methyl sites for hydroxylation is 1. The fraction of sp³-hybridized carbons (Fsp3) is 0.467. The molecule has 0 unspecified atom stereocenters. The Balaban J connectivity index is 2.63. The summed E-state index contributed by atoms with van der Waals surface area (Å²) in [6.45, 7) is 8.52. The lowest BCUT2D eigenvalue weighted by molar-refractivity contribution is 0.0697. The molecule has 0 amide bonds. The van der Waals surface area contributed by atoms with Gasteiger partial charge in [-0.15, -0.1) is 0 Å². The Hall–Kier alpha value is -1.84. The van der Waals surface area contributed by atoms with Crippen LogP contribution in [0.3, 0.4) is 0 Å². The first kappa shape index (κ1) is 13.6. The van der Waals surface area contributed by atoms with E-state index in [2.05, 4.69) is 30.3 Å². The molecule has 0 aliphatic heterocycles. The second kappa shape index (κ2) is 4.68. The first-order chi connectivity index (χ1) is 8.86. The second-order valence-corrected chi connectivity index (χ2v) is 5.57. The normalized spacial score (nSPS) is 12.0. The van der Waals surface area contributed by atoms with E-state index < -0.39 is 5.97 Å². The van der Waals surface area contributed by atoms with Gasteiger partial charge < -0.3 is 9.67 Å². The zero-order chi connectivity index (χ0) is 14.2. The number of hydrogen-bond acceptors (Lipinski definition) is 2. The van der Waals surface area contributed by atoms with Crippen molar-refractivity contribution in [3.05, 3.63) is 29.6 Å². The van der Waals surface area contributed by atoms with Crippen LogP contribution in [-0.4, -0.2) is 20.6 Å². The van der Waals surface area contributed by atoms with Gasteiger partial charge in [-0.3, -0.25) is 0 Å². The van der Waals surface area contributed by atoms with E-state index in [-0.39, 0.29) is 11.1 Å². The molecular formula is C15H20N2O2. The predicted octanol–water partition coefficient (Wildman–Crippen LogP) is 3.58. The third-order valence-electron chi connectivity index (χ3n) is 3.54. The maximum Gasteiger partial charge on any atom is 0.335 e. The molecule has 1 aromatic carbocycles. The fourth-order valence-corrected chi connectivity index (χ4v) is 2.82. The standard InChI is InChI=1S/C15H20N2O2/c1-5-8-15(3,4)17-10(2)16-12-9-11(14(18)19)6-7-13(12)17/h6-7,9H,5,8H2,1-4H3,(H,18,19). The SMILES string of the molecule is CCCC(C)(C)n1c(C)nc2cc(C(=O)O)ccc21. The maximum atomic E-state index is 11.0. The van der Waals surface area contributed by atoms with Crippen molar-refractivity contribution in [1.29, 1.82) is 0 Å². The van der Waals surface area contributed by atoms with E-state index in [0.29, 0.717) is 0 Å². The van der Waals surface area contributed by atoms with Crippen LogP contribution in [0.25, 0.3) is 11.0 Å². The number of carboxylic acid groups (broad SMARTS) is 1. The van der Waals surface area contributed by atoms with E-state index >= 15 is 0 Å². The minimum absolute atomic E-state index is 0.0156. The highest BCUT2D eigenvalue weighted by Crippen LogP contribution is 2.29. The zero-order valence-electron chi connectivity index (χ0n) is 11.9. The molecule has 0 radical (unpaired) electrons. The summed E-state index contributed by atoms with van der Waals surface area (Å²) in [5, 5.41) is 9.03. The molecule has 0 aliphatic carbocycles. The molecule has 19 heavy (non-hydrogen) atoms. The van der Waals surface area contributed by atoms with Gasteiger partial charge in [-0.25, -0.2) is 9.78 Å². The van der Waals surface area contributed by atoms with Crippen molar-refractivity contribution in [3.8, 4) is 0 Å². The lowest BCUT2D eigenvalue weighted by Crippen LogP contribution is -2.27. The molecule has 0 atom stereocenters. The van der Waals surface area contributed by atoms with Gasteiger partial charge in [-0.05, 0) is 45.4 Å². The van der Waals surface area contributed by atoms with Gasteiger partial charge in [-0.2, -0.15) is 0 Å². The summed E-state index contributed by atoms with van der Waals surface area (Å²) in [6.07, 6.45) is 2.15. The van der Waals surface area contributed by atoms with Crippen LogP contribution in [0.1, 0.15) is 49.8 Å². The summed E-state index contributed by atoms with van der Waals surface area (Å²) in [6, 6.07) is 5.14. The first-order valence-electron chi connectivity index (χ1n) is 6.59. The number of benzene rings is 1. The fourth-order valence-electron chi connectivity index (χ4n) is 2.82. The summed E-state index contributed by atoms with van der Waals surface area (Å²) in [5.41, 5.74) is 2.02. The molecule has 1 N–H and O–H groups in total. The van der Waals surface area contributed by atoms with Crippen molar-refractivity contribution in [2.75, 3.05) is 0 Å². The molecule has 4 nitrogen and oxygen atoms in total. The van der Waals surface area contributed by atoms with Crippen LogP contribution in [-0.2, 0) is 5.54 Å². The average Bonchev–Trinajstić information content (AvgIpc) is 2.63. The van der Waals surface area contributed by atoms with Crippen molar-refractivity contribution < 1.29 is 9.90 Å². The van der Waals surface area contributed by atoms with Crippen LogP contribution in [0.5, 0.6) is 0 Å². The van der Waals surface area contributed by atoms with Crippen LogP contribution in [0, 0.1) is 6.92 Å². The number of rotatable bonds is 4. The van der Waals surface area contributed by atoms with Crippen LogP contribution >= 0.6 is 0 Å². The Bertz CT molecular complexity index is 626. The third kappa shape index (κ3) is 2.35. The molecule has 1 aromatic heterocycles. The molecule has 2 aromatic rings. The summed E-state index contributed by atoms with van der Waals surface area (Å²) in [7, 11) is 0. The van der Waals surface area contributed by atoms with Crippen LogP contribution < -0.4 is 0 Å². The van der Waals surface area contributed by atoms with E-state index in [9.17, 15) is 4.79 Å². The minimum Gasteiger partial charge on any atom is -0.478 e. The highest BCUT2D eigenvalue weighted by Gasteiger charge is 2.24. The van der Waals surface area contributed by atoms with Gasteiger partial charge in [0.15, 0.2) is 0 Å². The van der Waals surface area contributed by atoms with Gasteiger partial charge >= 0.3 is 5.97 Å². The van der Waals surface area contributed by atoms with E-state index in [1.807, 2.05) is 13.0 Å². The van der Waals surface area contributed by atoms with Crippen molar-refractivity contribution in [2.24, 2.45) is 0 Å². The number of aromatic carboxylic acids is 1. The van der Waals surface area contributed by atoms with Crippen LogP contribution in [0.15, 0.2) is 18.2 Å². The molecule has 0 saturated heterocycles. The van der Waals surface area contributed by atoms with Crippen molar-refractivity contribution >= 4 is 17.0 Å². The number of fused-ring (bicyclic) bond motifs is 1. The molecule has 0 fully saturated rings. The van der Waals surface area contributed by atoms with Crippen LogP contribution in [0.4, 0.5) is 0 Å². The molecule has 0 bridgehead atoms. The molecule has 102 valence electrons. The highest BCUT2D eigenvalue weighted by atomic mass is 16.4. The number of carbonyl (C=O) groups is 1. The Morgan fingerprint density at radius 2 is 2.11 bits per heavy atom. The largest absolute Gasteiger partial charge is 0.478 e. The van der Waals surface area contributed by atoms with E-state index in [4.69, 9.17) is 5.11 Å². The summed E-state index contributed by atoms with van der Waals surface area (Å²) >= 11 is 0. The second-order valence-electron chi connectivity index (χ2n) is 5.57. The molecule has 0 aliphatic rings. The third-order valence-corrected chi connectivity index (χ3v) is 3.54. The topological polar surface area (TPSA) is 55.1 Å². The number of carboxylic acids is 1. The maximum absolute atomic E-state index is 11.0. The molecule has 2 rings (SSSR count). The number of nitrogens with zero attached hydrogens (tertiary/aromatic N) is 2. The summed E-state index contributed by atoms with van der Waals surface area (Å²) in [5.74, 6) is 0.0120. The Labute approximate surface area is 113 Å². The smallest absolute Gasteiger partial charge is 0.335 e. The highest BCUT2D eigenvalue weighted by molar-refractivity contribution is 5.92. The van der Waals surface area contributed by atoms with Crippen molar-refractivity contribution in [1.82, 2.24) is 9.55 Å². The molecule has 1 heterocycles.